The number of aryl methyl sites for hydroxylation is 1. The molecular weight excluding hydrogens is 567 g/mol. The fraction of sp³-hybridized carbons (Fsp3) is 0.174. The van der Waals surface area contributed by atoms with Gasteiger partial charge in [-0.15, -0.1) is 0 Å². The minimum atomic E-state index is -0.277. The second kappa shape index (κ2) is 10.7. The zero-order valence-electron chi connectivity index (χ0n) is 16.9. The zero-order valence-corrected chi connectivity index (χ0v) is 21.5. The van der Waals surface area contributed by atoms with Crippen LogP contribution in [0.5, 0.6) is 5.75 Å². The number of ether oxygens (including phenoxy) is 1. The maximum atomic E-state index is 12.3. The summed E-state index contributed by atoms with van der Waals surface area (Å²) in [5.74, 6) is 0.278. The average Bonchev–Trinajstić information content (AvgIpc) is 2.71. The number of anilines is 2. The summed E-state index contributed by atoms with van der Waals surface area (Å²) in [5.41, 5.74) is 4.59. The van der Waals surface area contributed by atoms with E-state index in [0.29, 0.717) is 23.0 Å². The van der Waals surface area contributed by atoms with Crippen LogP contribution >= 0.6 is 55.1 Å². The predicted octanol–water partition coefficient (Wildman–Crippen LogP) is 7.76. The van der Waals surface area contributed by atoms with Crippen LogP contribution in [0.3, 0.4) is 0 Å². The number of rotatable bonds is 7. The number of carbonyl (C=O) groups excluding carboxylic acids is 1. The molecule has 0 bridgehead atoms. The zero-order chi connectivity index (χ0) is 22.5. The van der Waals surface area contributed by atoms with Gasteiger partial charge in [-0.3, -0.25) is 4.79 Å². The molecule has 31 heavy (non-hydrogen) atoms. The highest BCUT2D eigenvalue weighted by Crippen LogP contribution is 2.35. The van der Waals surface area contributed by atoms with Gasteiger partial charge in [0.25, 0.3) is 5.91 Å². The maximum Gasteiger partial charge on any atom is 0.262 e. The lowest BCUT2D eigenvalue weighted by Gasteiger charge is -2.14. The van der Waals surface area contributed by atoms with E-state index < -0.39 is 0 Å². The number of hydrogen-bond acceptors (Lipinski definition) is 3. The van der Waals surface area contributed by atoms with Gasteiger partial charge in [0.05, 0.1) is 8.95 Å². The van der Waals surface area contributed by atoms with Crippen LogP contribution in [0.15, 0.2) is 57.5 Å². The van der Waals surface area contributed by atoms with Crippen molar-refractivity contribution in [1.29, 1.82) is 0 Å². The van der Waals surface area contributed by atoms with Crippen LogP contribution in [0, 0.1) is 13.8 Å². The number of amides is 1. The molecule has 0 fully saturated rings. The highest BCUT2D eigenvalue weighted by atomic mass is 79.9. The van der Waals surface area contributed by atoms with Gasteiger partial charge in [-0.1, -0.05) is 35.3 Å². The monoisotopic (exact) mass is 584 g/mol. The van der Waals surface area contributed by atoms with E-state index in [0.717, 1.165) is 36.3 Å². The number of halogens is 4. The summed E-state index contributed by atoms with van der Waals surface area (Å²) in [6.07, 6.45) is 0. The van der Waals surface area contributed by atoms with Crippen LogP contribution in [-0.2, 0) is 11.3 Å². The molecule has 3 rings (SSSR count). The Bertz CT molecular complexity index is 1100. The molecule has 162 valence electrons. The molecule has 0 aliphatic heterocycles. The molecule has 0 atom stereocenters. The van der Waals surface area contributed by atoms with Crippen LogP contribution < -0.4 is 15.4 Å². The Morgan fingerprint density at radius 3 is 2.39 bits per heavy atom. The van der Waals surface area contributed by atoms with Crippen molar-refractivity contribution < 1.29 is 9.53 Å². The minimum absolute atomic E-state index is 0.137. The molecule has 0 aromatic heterocycles. The van der Waals surface area contributed by atoms with Crippen molar-refractivity contribution in [3.05, 3.63) is 84.2 Å². The van der Waals surface area contributed by atoms with E-state index in [9.17, 15) is 4.79 Å². The summed E-state index contributed by atoms with van der Waals surface area (Å²) in [4.78, 5) is 12.3. The summed E-state index contributed by atoms with van der Waals surface area (Å²) in [5, 5.41) is 7.49. The standard InChI is InChI=1S/C23H20Br2Cl2N2O2/c1-13-6-7-16(10-20(13)27)29-22(30)12-31-23-17(24)8-15(9-18(23)25)11-28-21-5-3-4-19(26)14(21)2/h3-10,28H,11-12H2,1-2H3,(H,29,30). The van der Waals surface area contributed by atoms with Crippen molar-refractivity contribution in [1.82, 2.24) is 0 Å². The van der Waals surface area contributed by atoms with Gasteiger partial charge in [0.1, 0.15) is 5.75 Å². The molecule has 0 aliphatic rings. The van der Waals surface area contributed by atoms with Crippen LogP contribution in [-0.4, -0.2) is 12.5 Å². The Morgan fingerprint density at radius 2 is 1.71 bits per heavy atom. The molecule has 0 saturated heterocycles. The van der Waals surface area contributed by atoms with Gasteiger partial charge in [0.15, 0.2) is 6.61 Å². The SMILES string of the molecule is Cc1ccc(NC(=O)COc2c(Br)cc(CNc3cccc(Cl)c3C)cc2Br)cc1Cl. The summed E-state index contributed by atoms with van der Waals surface area (Å²) < 4.78 is 7.22. The topological polar surface area (TPSA) is 50.4 Å². The van der Waals surface area contributed by atoms with E-state index >= 15 is 0 Å². The normalized spacial score (nSPS) is 10.6. The molecule has 1 amide bonds. The number of hydrogen-bond donors (Lipinski definition) is 2. The molecule has 8 heteroatoms. The Kier molecular flexibility index (Phi) is 8.28. The fourth-order valence-electron chi connectivity index (χ4n) is 2.85. The van der Waals surface area contributed by atoms with Gasteiger partial charge >= 0.3 is 0 Å². The first kappa shape index (κ1) is 23.9. The van der Waals surface area contributed by atoms with Gasteiger partial charge in [-0.05, 0) is 98.8 Å². The van der Waals surface area contributed by atoms with E-state index in [4.69, 9.17) is 27.9 Å². The van der Waals surface area contributed by atoms with Crippen LogP contribution in [0.2, 0.25) is 10.0 Å². The molecule has 0 aliphatic carbocycles. The van der Waals surface area contributed by atoms with Gasteiger partial charge in [0.2, 0.25) is 0 Å². The minimum Gasteiger partial charge on any atom is -0.481 e. The van der Waals surface area contributed by atoms with E-state index in [1.165, 1.54) is 0 Å². The lowest BCUT2D eigenvalue weighted by atomic mass is 10.1. The Hall–Kier alpha value is -1.73. The molecule has 3 aromatic carbocycles. The van der Waals surface area contributed by atoms with E-state index in [-0.39, 0.29) is 12.5 Å². The van der Waals surface area contributed by atoms with Crippen molar-refractivity contribution in [2.75, 3.05) is 17.2 Å². The Balaban J connectivity index is 1.61. The summed E-state index contributed by atoms with van der Waals surface area (Å²) in [7, 11) is 0. The molecule has 0 unspecified atom stereocenters. The largest absolute Gasteiger partial charge is 0.481 e. The smallest absolute Gasteiger partial charge is 0.262 e. The van der Waals surface area contributed by atoms with Crippen LogP contribution in [0.25, 0.3) is 0 Å². The summed E-state index contributed by atoms with van der Waals surface area (Å²) >= 11 is 19.3. The van der Waals surface area contributed by atoms with Crippen molar-refractivity contribution in [3.8, 4) is 5.75 Å². The highest BCUT2D eigenvalue weighted by Gasteiger charge is 2.12. The van der Waals surface area contributed by atoms with Crippen molar-refractivity contribution in [2.24, 2.45) is 0 Å². The van der Waals surface area contributed by atoms with Crippen LogP contribution in [0.4, 0.5) is 11.4 Å². The molecule has 0 spiro atoms. The third-order valence-electron chi connectivity index (χ3n) is 4.61. The number of carbonyl (C=O) groups is 1. The van der Waals surface area contributed by atoms with Gasteiger partial charge in [-0.2, -0.15) is 0 Å². The molecule has 3 aromatic rings. The van der Waals surface area contributed by atoms with E-state index in [1.54, 1.807) is 12.1 Å². The highest BCUT2D eigenvalue weighted by molar-refractivity contribution is 9.11. The number of benzene rings is 3. The predicted molar refractivity (Wildman–Crippen MR) is 136 cm³/mol. The van der Waals surface area contributed by atoms with Gasteiger partial charge < -0.3 is 15.4 Å². The third kappa shape index (κ3) is 6.39. The maximum absolute atomic E-state index is 12.3. The Labute approximate surface area is 208 Å². The quantitative estimate of drug-likeness (QED) is 0.297. The first-order valence-electron chi connectivity index (χ1n) is 9.40. The van der Waals surface area contributed by atoms with Crippen molar-refractivity contribution in [2.45, 2.75) is 20.4 Å². The first-order valence-corrected chi connectivity index (χ1v) is 11.7. The van der Waals surface area contributed by atoms with Gasteiger partial charge in [-0.25, -0.2) is 0 Å². The molecule has 0 saturated carbocycles. The molecule has 0 radical (unpaired) electrons. The Morgan fingerprint density at radius 1 is 1.00 bits per heavy atom. The molecule has 4 nitrogen and oxygen atoms in total. The summed E-state index contributed by atoms with van der Waals surface area (Å²) in [6.45, 7) is 4.35. The van der Waals surface area contributed by atoms with Crippen molar-refractivity contribution >= 4 is 72.3 Å². The summed E-state index contributed by atoms with van der Waals surface area (Å²) in [6, 6.07) is 15.0. The lowest BCUT2D eigenvalue weighted by Crippen LogP contribution is -2.20. The van der Waals surface area contributed by atoms with Gasteiger partial charge in [0, 0.05) is 28.0 Å². The third-order valence-corrected chi connectivity index (χ3v) is 6.61. The first-order chi connectivity index (χ1) is 14.7. The second-order valence-corrected chi connectivity index (χ2v) is 9.48. The number of nitrogens with one attached hydrogen (secondary N) is 2. The molecular formula is C23H20Br2Cl2N2O2. The fourth-order valence-corrected chi connectivity index (χ4v) is 4.72. The average molecular weight is 587 g/mol. The molecule has 2 N–H and O–H groups in total. The van der Waals surface area contributed by atoms with E-state index in [2.05, 4.69) is 42.5 Å². The van der Waals surface area contributed by atoms with Crippen LogP contribution in [0.1, 0.15) is 16.7 Å². The van der Waals surface area contributed by atoms with Crippen molar-refractivity contribution in [3.63, 3.8) is 0 Å². The van der Waals surface area contributed by atoms with E-state index in [1.807, 2.05) is 50.2 Å². The second-order valence-electron chi connectivity index (χ2n) is 6.96. The lowest BCUT2D eigenvalue weighted by molar-refractivity contribution is -0.118. The molecule has 0 heterocycles.